The Kier molecular flexibility index (Phi) is 13.5. The molecule has 0 aromatic rings. The molecule has 0 fully saturated rings. The molecule has 0 aliphatic carbocycles. The van der Waals surface area contributed by atoms with Crippen LogP contribution in [-0.4, -0.2) is 26.9 Å². The SMILES string of the molecule is C=C(C)C(=O)OCCCC(=O)O[Si](CCCC)(CCCC)CCCC. The predicted octanol–water partition coefficient (Wildman–Crippen LogP) is 5.77. The van der Waals surface area contributed by atoms with Gasteiger partial charge >= 0.3 is 5.97 Å². The van der Waals surface area contributed by atoms with E-state index in [2.05, 4.69) is 27.4 Å². The molecule has 5 heteroatoms. The molecular formula is C20H38O4Si. The van der Waals surface area contributed by atoms with Gasteiger partial charge in [0.05, 0.1) is 6.61 Å². The zero-order chi connectivity index (χ0) is 19.1. The zero-order valence-electron chi connectivity index (χ0n) is 16.8. The Morgan fingerprint density at radius 2 is 1.36 bits per heavy atom. The number of carbonyl (C=O) groups is 2. The molecule has 4 nitrogen and oxygen atoms in total. The number of hydrogen-bond donors (Lipinski definition) is 0. The van der Waals surface area contributed by atoms with E-state index in [4.69, 9.17) is 9.16 Å². The van der Waals surface area contributed by atoms with Gasteiger partial charge in [0.2, 0.25) is 0 Å². The molecule has 0 amide bonds. The first kappa shape index (κ1) is 23.9. The van der Waals surface area contributed by atoms with Gasteiger partial charge in [0.15, 0.2) is 0 Å². The van der Waals surface area contributed by atoms with Gasteiger partial charge in [-0.05, 0) is 31.5 Å². The van der Waals surface area contributed by atoms with E-state index in [-0.39, 0.29) is 12.6 Å². The minimum Gasteiger partial charge on any atom is -0.519 e. The summed E-state index contributed by atoms with van der Waals surface area (Å²) in [6, 6.07) is 3.25. The first-order chi connectivity index (χ1) is 11.9. The molecule has 0 aliphatic rings. The van der Waals surface area contributed by atoms with Crippen molar-refractivity contribution in [3.63, 3.8) is 0 Å². The number of hydrogen-bond acceptors (Lipinski definition) is 4. The number of rotatable bonds is 15. The summed E-state index contributed by atoms with van der Waals surface area (Å²) in [5, 5.41) is 0. The Morgan fingerprint density at radius 1 is 0.880 bits per heavy atom. The number of carbonyl (C=O) groups excluding carboxylic acids is 2. The average molecular weight is 371 g/mol. The standard InChI is InChI=1S/C20H38O4Si/c1-6-9-15-25(16-10-7-2,17-11-8-3)24-19(21)13-12-14-23-20(22)18(4)5/h4,6-17H2,1-3,5H3. The van der Waals surface area contributed by atoms with Crippen LogP contribution < -0.4 is 0 Å². The number of unbranched alkanes of at least 4 members (excludes halogenated alkanes) is 3. The molecule has 25 heavy (non-hydrogen) atoms. The summed E-state index contributed by atoms with van der Waals surface area (Å²) in [7, 11) is -1.99. The maximum absolute atomic E-state index is 12.4. The highest BCUT2D eigenvalue weighted by Crippen LogP contribution is 2.30. The van der Waals surface area contributed by atoms with Crippen LogP contribution in [0.4, 0.5) is 0 Å². The minimum atomic E-state index is -1.99. The van der Waals surface area contributed by atoms with E-state index in [9.17, 15) is 9.59 Å². The van der Waals surface area contributed by atoms with Crippen LogP contribution in [0, 0.1) is 0 Å². The van der Waals surface area contributed by atoms with E-state index in [0.717, 1.165) is 56.7 Å². The summed E-state index contributed by atoms with van der Waals surface area (Å²) < 4.78 is 11.2. The molecule has 0 spiro atoms. The van der Waals surface area contributed by atoms with Crippen molar-refractivity contribution in [2.45, 2.75) is 97.2 Å². The van der Waals surface area contributed by atoms with Crippen LogP contribution in [-0.2, 0) is 18.8 Å². The van der Waals surface area contributed by atoms with E-state index in [1.807, 2.05) is 0 Å². The molecular weight excluding hydrogens is 332 g/mol. The summed E-state index contributed by atoms with van der Waals surface area (Å²) in [6.45, 7) is 12.0. The largest absolute Gasteiger partial charge is 0.519 e. The third kappa shape index (κ3) is 11.2. The second-order valence-corrected chi connectivity index (χ2v) is 11.1. The van der Waals surface area contributed by atoms with E-state index in [1.54, 1.807) is 6.92 Å². The summed E-state index contributed by atoms with van der Waals surface area (Å²) in [5.41, 5.74) is 0.382. The zero-order valence-corrected chi connectivity index (χ0v) is 17.8. The Bertz CT molecular complexity index is 385. The number of esters is 1. The second kappa shape index (κ2) is 14.1. The van der Waals surface area contributed by atoms with Crippen molar-refractivity contribution in [2.75, 3.05) is 6.61 Å². The van der Waals surface area contributed by atoms with E-state index >= 15 is 0 Å². The Balaban J connectivity index is 4.59. The molecule has 0 aromatic heterocycles. The fraction of sp³-hybridized carbons (Fsp3) is 0.800. The van der Waals surface area contributed by atoms with Crippen molar-refractivity contribution >= 4 is 20.3 Å². The van der Waals surface area contributed by atoms with Gasteiger partial charge in [-0.2, -0.15) is 0 Å². The lowest BCUT2D eigenvalue weighted by Crippen LogP contribution is -2.40. The normalized spacial score (nSPS) is 11.2. The van der Waals surface area contributed by atoms with E-state index < -0.39 is 14.3 Å². The topological polar surface area (TPSA) is 52.6 Å². The van der Waals surface area contributed by atoms with Crippen LogP contribution in [0.1, 0.15) is 79.1 Å². The highest BCUT2D eigenvalue weighted by molar-refractivity contribution is 6.75. The van der Waals surface area contributed by atoms with Gasteiger partial charge in [0.25, 0.3) is 14.3 Å². The molecule has 0 bridgehead atoms. The smallest absolute Gasteiger partial charge is 0.333 e. The summed E-state index contributed by atoms with van der Waals surface area (Å²) >= 11 is 0. The van der Waals surface area contributed by atoms with Crippen molar-refractivity contribution < 1.29 is 18.8 Å². The van der Waals surface area contributed by atoms with Crippen molar-refractivity contribution in [3.8, 4) is 0 Å². The van der Waals surface area contributed by atoms with Crippen LogP contribution in [0.3, 0.4) is 0 Å². The van der Waals surface area contributed by atoms with Gasteiger partial charge in [-0.15, -0.1) is 0 Å². The van der Waals surface area contributed by atoms with Gasteiger partial charge in [-0.3, -0.25) is 4.79 Å². The Hall–Kier alpha value is -1.10. The molecule has 0 atom stereocenters. The average Bonchev–Trinajstić information content (AvgIpc) is 2.59. The summed E-state index contributed by atoms with van der Waals surface area (Å²) in [4.78, 5) is 23.7. The minimum absolute atomic E-state index is 0.110. The van der Waals surface area contributed by atoms with Crippen LogP contribution >= 0.6 is 0 Å². The highest BCUT2D eigenvalue weighted by atomic mass is 28.4. The first-order valence-corrected chi connectivity index (χ1v) is 12.5. The quantitative estimate of drug-likeness (QED) is 0.159. The molecule has 0 aliphatic heterocycles. The molecule has 0 radical (unpaired) electrons. The van der Waals surface area contributed by atoms with Crippen molar-refractivity contribution in [1.82, 2.24) is 0 Å². The first-order valence-electron chi connectivity index (χ1n) is 9.95. The van der Waals surface area contributed by atoms with E-state index in [0.29, 0.717) is 18.4 Å². The maximum atomic E-state index is 12.4. The molecule has 0 unspecified atom stereocenters. The summed E-state index contributed by atoms with van der Waals surface area (Å²) in [6.07, 6.45) is 7.68. The van der Waals surface area contributed by atoms with Crippen molar-refractivity contribution in [2.24, 2.45) is 0 Å². The molecule has 0 N–H and O–H groups in total. The van der Waals surface area contributed by atoms with Gasteiger partial charge in [0.1, 0.15) is 0 Å². The molecule has 0 saturated carbocycles. The third-order valence-corrected chi connectivity index (χ3v) is 8.85. The van der Waals surface area contributed by atoms with Crippen molar-refractivity contribution in [1.29, 1.82) is 0 Å². The summed E-state index contributed by atoms with van der Waals surface area (Å²) in [5.74, 6) is -0.507. The lowest BCUT2D eigenvalue weighted by atomic mass is 10.3. The lowest BCUT2D eigenvalue weighted by molar-refractivity contribution is -0.141. The van der Waals surface area contributed by atoms with Crippen LogP contribution in [0.2, 0.25) is 18.1 Å². The van der Waals surface area contributed by atoms with Crippen LogP contribution in [0.15, 0.2) is 12.2 Å². The van der Waals surface area contributed by atoms with Gasteiger partial charge in [0, 0.05) is 12.0 Å². The second-order valence-electron chi connectivity index (χ2n) is 6.99. The molecule has 146 valence electrons. The molecule has 0 heterocycles. The lowest BCUT2D eigenvalue weighted by Gasteiger charge is -2.31. The highest BCUT2D eigenvalue weighted by Gasteiger charge is 2.36. The third-order valence-electron chi connectivity index (χ3n) is 4.40. The van der Waals surface area contributed by atoms with E-state index in [1.165, 1.54) is 0 Å². The van der Waals surface area contributed by atoms with Gasteiger partial charge in [-0.25, -0.2) is 4.79 Å². The fourth-order valence-electron chi connectivity index (χ4n) is 2.82. The Morgan fingerprint density at radius 3 is 1.76 bits per heavy atom. The molecule has 0 aromatic carbocycles. The Labute approximate surface area is 155 Å². The monoisotopic (exact) mass is 370 g/mol. The molecule has 0 saturated heterocycles. The van der Waals surface area contributed by atoms with Crippen LogP contribution in [0.5, 0.6) is 0 Å². The van der Waals surface area contributed by atoms with Crippen molar-refractivity contribution in [3.05, 3.63) is 12.2 Å². The predicted molar refractivity (Wildman–Crippen MR) is 106 cm³/mol. The van der Waals surface area contributed by atoms with Gasteiger partial charge < -0.3 is 9.16 Å². The molecule has 0 rings (SSSR count). The number of ether oxygens (including phenoxy) is 1. The van der Waals surface area contributed by atoms with Crippen LogP contribution in [0.25, 0.3) is 0 Å². The maximum Gasteiger partial charge on any atom is 0.333 e. The van der Waals surface area contributed by atoms with Gasteiger partial charge in [-0.1, -0.05) is 65.9 Å². The fourth-order valence-corrected chi connectivity index (χ4v) is 7.46.